The molecule has 0 radical (unpaired) electrons. The summed E-state index contributed by atoms with van der Waals surface area (Å²) in [6.45, 7) is 3.39. The zero-order valence-electron chi connectivity index (χ0n) is 10.2. The van der Waals surface area contributed by atoms with Crippen molar-refractivity contribution in [1.82, 2.24) is 16.0 Å². The smallest absolute Gasteiger partial charge is 0.326 e. The number of rotatable bonds is 6. The topological polar surface area (TPSA) is 108 Å². The number of hydrogen-bond donors (Lipinski definition) is 4. The molecule has 2 unspecified atom stereocenters. The molecule has 0 bridgehead atoms. The average Bonchev–Trinajstić information content (AvgIpc) is 2.31. The predicted octanol–water partition coefficient (Wildman–Crippen LogP) is -0.469. The van der Waals surface area contributed by atoms with Crippen LogP contribution in [0.3, 0.4) is 0 Å². The van der Waals surface area contributed by atoms with Crippen molar-refractivity contribution in [3.05, 3.63) is 0 Å². The number of amides is 3. The van der Waals surface area contributed by atoms with Gasteiger partial charge < -0.3 is 21.1 Å². The van der Waals surface area contributed by atoms with Gasteiger partial charge >= 0.3 is 12.0 Å². The van der Waals surface area contributed by atoms with Crippen LogP contribution in [0.1, 0.15) is 20.3 Å². The third kappa shape index (κ3) is 5.74. The molecule has 0 aliphatic rings. The van der Waals surface area contributed by atoms with Crippen molar-refractivity contribution in [2.45, 2.75) is 26.3 Å². The van der Waals surface area contributed by atoms with Gasteiger partial charge in [-0.2, -0.15) is 0 Å². The van der Waals surface area contributed by atoms with Gasteiger partial charge in [0.2, 0.25) is 5.91 Å². The number of carboxylic acid groups (broad SMARTS) is 1. The molecule has 0 aromatic carbocycles. The van der Waals surface area contributed by atoms with Crippen molar-refractivity contribution < 1.29 is 19.5 Å². The van der Waals surface area contributed by atoms with Crippen molar-refractivity contribution in [1.29, 1.82) is 0 Å². The highest BCUT2D eigenvalue weighted by Gasteiger charge is 2.25. The molecule has 0 saturated heterocycles. The lowest BCUT2D eigenvalue weighted by molar-refractivity contribution is -0.140. The molecule has 0 fully saturated rings. The molecule has 4 N–H and O–H groups in total. The van der Waals surface area contributed by atoms with Gasteiger partial charge in [0.05, 0.1) is 6.54 Å². The van der Waals surface area contributed by atoms with Gasteiger partial charge in [0, 0.05) is 7.05 Å². The van der Waals surface area contributed by atoms with Crippen LogP contribution in [0.5, 0.6) is 0 Å². The molecule has 7 heteroatoms. The number of likely N-dealkylation sites (N-methyl/N-ethyl adjacent to an activating group) is 1. The highest BCUT2D eigenvalue weighted by Crippen LogP contribution is 2.07. The van der Waals surface area contributed by atoms with E-state index < -0.39 is 18.0 Å². The Morgan fingerprint density at radius 3 is 2.29 bits per heavy atom. The summed E-state index contributed by atoms with van der Waals surface area (Å²) < 4.78 is 0. The zero-order chi connectivity index (χ0) is 13.4. The maximum absolute atomic E-state index is 11.3. The minimum Gasteiger partial charge on any atom is -0.480 e. The summed E-state index contributed by atoms with van der Waals surface area (Å²) >= 11 is 0. The first-order valence-electron chi connectivity index (χ1n) is 5.40. The first-order chi connectivity index (χ1) is 7.92. The Kier molecular flexibility index (Phi) is 6.69. The normalized spacial score (nSPS) is 13.4. The highest BCUT2D eigenvalue weighted by molar-refractivity contribution is 5.86. The molecule has 0 rings (SSSR count). The Balaban J connectivity index is 4.22. The number of carbonyl (C=O) groups is 3. The Bertz CT molecular complexity index is 293. The van der Waals surface area contributed by atoms with E-state index in [1.165, 1.54) is 7.05 Å². The van der Waals surface area contributed by atoms with Crippen molar-refractivity contribution in [3.8, 4) is 0 Å². The first kappa shape index (κ1) is 15.2. The van der Waals surface area contributed by atoms with E-state index in [4.69, 9.17) is 5.11 Å². The minimum absolute atomic E-state index is 0.182. The molecule has 7 nitrogen and oxygen atoms in total. The van der Waals surface area contributed by atoms with Crippen molar-refractivity contribution in [3.63, 3.8) is 0 Å². The summed E-state index contributed by atoms with van der Waals surface area (Å²) in [5.74, 6) is -1.62. The molecule has 0 aromatic heterocycles. The molecule has 98 valence electrons. The fraction of sp³-hybridized carbons (Fsp3) is 0.700. The van der Waals surface area contributed by atoms with E-state index in [2.05, 4.69) is 16.0 Å². The van der Waals surface area contributed by atoms with Gasteiger partial charge in [-0.3, -0.25) is 4.79 Å². The number of aliphatic carboxylic acids is 1. The quantitative estimate of drug-likeness (QED) is 0.507. The summed E-state index contributed by atoms with van der Waals surface area (Å²) in [4.78, 5) is 33.1. The van der Waals surface area contributed by atoms with Crippen LogP contribution >= 0.6 is 0 Å². The summed E-state index contributed by atoms with van der Waals surface area (Å²) in [5, 5.41) is 15.8. The van der Waals surface area contributed by atoms with Crippen LogP contribution in [0.25, 0.3) is 0 Å². The average molecular weight is 245 g/mol. The first-order valence-corrected chi connectivity index (χ1v) is 5.40. The molecule has 0 aromatic rings. The fourth-order valence-corrected chi connectivity index (χ4v) is 1.12. The third-order valence-corrected chi connectivity index (χ3v) is 2.45. The number of carbonyl (C=O) groups excluding carboxylic acids is 2. The molecular formula is C10H19N3O4. The van der Waals surface area contributed by atoms with Gasteiger partial charge in [-0.15, -0.1) is 0 Å². The second kappa shape index (κ2) is 7.48. The number of urea groups is 1. The van der Waals surface area contributed by atoms with Crippen molar-refractivity contribution in [2.24, 2.45) is 5.92 Å². The molecule has 3 amide bonds. The molecule has 17 heavy (non-hydrogen) atoms. The van der Waals surface area contributed by atoms with Gasteiger partial charge in [0.25, 0.3) is 0 Å². The lowest BCUT2D eigenvalue weighted by atomic mass is 9.99. The molecule has 0 heterocycles. The zero-order valence-corrected chi connectivity index (χ0v) is 10.2. The van der Waals surface area contributed by atoms with E-state index in [-0.39, 0.29) is 18.4 Å². The molecule has 0 saturated carbocycles. The SMILES string of the molecule is CCC(C)C(NC(=O)NCC(=O)NC)C(=O)O. The summed E-state index contributed by atoms with van der Waals surface area (Å²) in [6, 6.07) is -1.62. The van der Waals surface area contributed by atoms with E-state index in [0.29, 0.717) is 6.42 Å². The van der Waals surface area contributed by atoms with Gasteiger partial charge in [-0.1, -0.05) is 20.3 Å². The molecule has 0 spiro atoms. The Hall–Kier alpha value is -1.79. The maximum Gasteiger partial charge on any atom is 0.326 e. The van der Waals surface area contributed by atoms with Gasteiger partial charge in [0.15, 0.2) is 0 Å². The second-order valence-corrected chi connectivity index (χ2v) is 3.70. The van der Waals surface area contributed by atoms with Crippen LogP contribution in [0.2, 0.25) is 0 Å². The summed E-state index contributed by atoms with van der Waals surface area (Å²) in [6.07, 6.45) is 0.632. The largest absolute Gasteiger partial charge is 0.480 e. The minimum atomic E-state index is -1.09. The standard InChI is InChI=1S/C10H19N3O4/c1-4-6(2)8(9(15)16)13-10(17)12-5-7(14)11-3/h6,8H,4-5H2,1-3H3,(H,11,14)(H,15,16)(H2,12,13,17). The highest BCUT2D eigenvalue weighted by atomic mass is 16.4. The van der Waals surface area contributed by atoms with Crippen LogP contribution in [-0.2, 0) is 9.59 Å². The predicted molar refractivity (Wildman–Crippen MR) is 61.5 cm³/mol. The van der Waals surface area contributed by atoms with Crippen molar-refractivity contribution in [2.75, 3.05) is 13.6 Å². The van der Waals surface area contributed by atoms with Crippen LogP contribution in [-0.4, -0.2) is 42.6 Å². The molecular weight excluding hydrogens is 226 g/mol. The number of hydrogen-bond acceptors (Lipinski definition) is 3. The lowest BCUT2D eigenvalue weighted by Crippen LogP contribution is -2.50. The Labute approximate surface area is 100.0 Å². The molecule has 2 atom stereocenters. The molecule has 0 aliphatic heterocycles. The molecule has 0 aliphatic carbocycles. The van der Waals surface area contributed by atoms with E-state index >= 15 is 0 Å². The van der Waals surface area contributed by atoms with E-state index in [1.807, 2.05) is 6.92 Å². The van der Waals surface area contributed by atoms with E-state index in [1.54, 1.807) is 6.92 Å². The monoisotopic (exact) mass is 245 g/mol. The van der Waals surface area contributed by atoms with Crippen LogP contribution in [0.4, 0.5) is 4.79 Å². The Morgan fingerprint density at radius 1 is 1.29 bits per heavy atom. The van der Waals surface area contributed by atoms with Crippen LogP contribution in [0.15, 0.2) is 0 Å². The van der Waals surface area contributed by atoms with E-state index in [0.717, 1.165) is 0 Å². The van der Waals surface area contributed by atoms with E-state index in [9.17, 15) is 14.4 Å². The van der Waals surface area contributed by atoms with Gasteiger partial charge in [0.1, 0.15) is 6.04 Å². The second-order valence-electron chi connectivity index (χ2n) is 3.70. The van der Waals surface area contributed by atoms with Crippen molar-refractivity contribution >= 4 is 17.9 Å². The summed E-state index contributed by atoms with van der Waals surface area (Å²) in [5.41, 5.74) is 0. The summed E-state index contributed by atoms with van der Waals surface area (Å²) in [7, 11) is 1.45. The lowest BCUT2D eigenvalue weighted by Gasteiger charge is -2.20. The van der Waals surface area contributed by atoms with Gasteiger partial charge in [-0.05, 0) is 5.92 Å². The number of carboxylic acids is 1. The fourth-order valence-electron chi connectivity index (χ4n) is 1.12. The third-order valence-electron chi connectivity index (χ3n) is 2.45. The van der Waals surface area contributed by atoms with Gasteiger partial charge in [-0.25, -0.2) is 9.59 Å². The van der Waals surface area contributed by atoms with Crippen LogP contribution < -0.4 is 16.0 Å². The number of nitrogens with one attached hydrogen (secondary N) is 3. The van der Waals surface area contributed by atoms with Crippen LogP contribution in [0, 0.1) is 5.92 Å². The Morgan fingerprint density at radius 2 is 1.88 bits per heavy atom. The maximum atomic E-state index is 11.3.